The van der Waals surface area contributed by atoms with Gasteiger partial charge in [-0.25, -0.2) is 0 Å². The highest BCUT2D eigenvalue weighted by atomic mass is 35.5. The van der Waals surface area contributed by atoms with E-state index >= 15 is 0 Å². The van der Waals surface area contributed by atoms with Gasteiger partial charge in [0.2, 0.25) is 0 Å². The van der Waals surface area contributed by atoms with Crippen LogP contribution in [-0.2, 0) is 17.9 Å². The van der Waals surface area contributed by atoms with Gasteiger partial charge in [0.05, 0.1) is 37.1 Å². The number of carboxylic acids is 1. The van der Waals surface area contributed by atoms with E-state index < -0.39 is 18.1 Å². The van der Waals surface area contributed by atoms with Crippen molar-refractivity contribution in [3.05, 3.63) is 75.8 Å². The molecule has 2 aliphatic heterocycles. The molecular formula is C40H54ClN3O8. The van der Waals surface area contributed by atoms with Gasteiger partial charge in [0.25, 0.3) is 0 Å². The molecule has 0 saturated carbocycles. The number of carbonyl (C=O) groups is 1. The van der Waals surface area contributed by atoms with Crippen LogP contribution < -0.4 is 19.5 Å². The third-order valence-electron chi connectivity index (χ3n) is 10.2. The number of rotatable bonds is 19. The first-order chi connectivity index (χ1) is 25.0. The highest BCUT2D eigenvalue weighted by Crippen LogP contribution is 2.36. The fourth-order valence-electron chi connectivity index (χ4n) is 6.77. The van der Waals surface area contributed by atoms with Crippen LogP contribution in [-0.4, -0.2) is 113 Å². The summed E-state index contributed by atoms with van der Waals surface area (Å²) in [5, 5.41) is 42.3. The van der Waals surface area contributed by atoms with Crippen molar-refractivity contribution < 1.29 is 39.4 Å². The predicted octanol–water partition coefficient (Wildman–Crippen LogP) is 4.80. The zero-order chi connectivity index (χ0) is 37.3. The zero-order valence-corrected chi connectivity index (χ0v) is 31.3. The average Bonchev–Trinajstić information content (AvgIpc) is 3.75. The number of aliphatic carboxylic acids is 1. The molecule has 3 aromatic rings. The van der Waals surface area contributed by atoms with E-state index in [2.05, 4.69) is 41.1 Å². The van der Waals surface area contributed by atoms with Crippen LogP contribution in [0, 0.1) is 13.8 Å². The number of carboxylic acid groups (broad SMARTS) is 1. The Morgan fingerprint density at radius 1 is 0.846 bits per heavy atom. The van der Waals surface area contributed by atoms with Gasteiger partial charge in [-0.15, -0.1) is 0 Å². The van der Waals surface area contributed by atoms with Crippen LogP contribution in [0.15, 0.2) is 48.5 Å². The van der Waals surface area contributed by atoms with E-state index in [1.165, 1.54) is 6.92 Å². The Balaban J connectivity index is 1.27. The quantitative estimate of drug-likeness (QED) is 0.108. The molecule has 0 aliphatic carbocycles. The Kier molecular flexibility index (Phi) is 14.2. The second kappa shape index (κ2) is 18.6. The lowest BCUT2D eigenvalue weighted by molar-refractivity contribution is -0.145. The molecule has 52 heavy (non-hydrogen) atoms. The molecule has 0 bridgehead atoms. The Labute approximate surface area is 312 Å². The van der Waals surface area contributed by atoms with Crippen LogP contribution in [0.5, 0.6) is 17.2 Å². The van der Waals surface area contributed by atoms with Gasteiger partial charge < -0.3 is 44.4 Å². The monoisotopic (exact) mass is 739 g/mol. The van der Waals surface area contributed by atoms with Crippen molar-refractivity contribution in [2.75, 3.05) is 59.1 Å². The lowest BCUT2D eigenvalue weighted by Crippen LogP contribution is -2.52. The summed E-state index contributed by atoms with van der Waals surface area (Å²) in [7, 11) is 0. The van der Waals surface area contributed by atoms with Crippen LogP contribution in [0.4, 0.5) is 0 Å². The van der Waals surface area contributed by atoms with Crippen LogP contribution >= 0.6 is 11.6 Å². The lowest BCUT2D eigenvalue weighted by Gasteiger charge is -2.25. The van der Waals surface area contributed by atoms with Gasteiger partial charge in [-0.05, 0) is 86.4 Å². The second-order valence-corrected chi connectivity index (χ2v) is 14.6. The van der Waals surface area contributed by atoms with E-state index in [1.807, 2.05) is 24.3 Å². The number of nitrogens with zero attached hydrogens (tertiary/aromatic N) is 2. The molecule has 3 atom stereocenters. The summed E-state index contributed by atoms with van der Waals surface area (Å²) >= 11 is 6.74. The van der Waals surface area contributed by atoms with Gasteiger partial charge in [-0.1, -0.05) is 41.9 Å². The maximum absolute atomic E-state index is 11.8. The molecule has 0 amide bonds. The van der Waals surface area contributed by atoms with E-state index in [1.54, 1.807) is 12.1 Å². The number of hydrogen-bond acceptors (Lipinski definition) is 10. The number of hydrogen-bond donors (Lipinski definition) is 5. The molecule has 2 aliphatic rings. The molecule has 3 aromatic carbocycles. The molecule has 0 spiro atoms. The molecule has 2 heterocycles. The summed E-state index contributed by atoms with van der Waals surface area (Å²) in [6.45, 7) is 11.3. The Bertz CT molecular complexity index is 1660. The molecule has 1 unspecified atom stereocenters. The predicted molar refractivity (Wildman–Crippen MR) is 201 cm³/mol. The van der Waals surface area contributed by atoms with Gasteiger partial charge in [0.15, 0.2) is 0 Å². The summed E-state index contributed by atoms with van der Waals surface area (Å²) in [5.74, 6) is 0.633. The number of aliphatic hydroxyl groups excluding tert-OH is 3. The molecule has 0 radical (unpaired) electrons. The molecule has 2 fully saturated rings. The highest BCUT2D eigenvalue weighted by molar-refractivity contribution is 6.32. The molecule has 5 rings (SSSR count). The van der Waals surface area contributed by atoms with Gasteiger partial charge in [-0.3, -0.25) is 10.1 Å². The maximum Gasteiger partial charge on any atom is 0.326 e. The van der Waals surface area contributed by atoms with Crippen molar-refractivity contribution in [1.29, 1.82) is 0 Å². The molecular weight excluding hydrogens is 686 g/mol. The number of aliphatic hydroxyl groups is 3. The Morgan fingerprint density at radius 3 is 2.02 bits per heavy atom. The average molecular weight is 740 g/mol. The molecule has 11 nitrogen and oxygen atoms in total. The number of halogens is 1. The van der Waals surface area contributed by atoms with E-state index in [4.69, 9.17) is 25.8 Å². The summed E-state index contributed by atoms with van der Waals surface area (Å²) in [4.78, 5) is 16.3. The number of benzene rings is 3. The highest BCUT2D eigenvalue weighted by Gasteiger charge is 2.32. The van der Waals surface area contributed by atoms with E-state index in [0.717, 1.165) is 92.0 Å². The molecule has 0 aromatic heterocycles. The summed E-state index contributed by atoms with van der Waals surface area (Å²) in [6, 6.07) is 15.7. The van der Waals surface area contributed by atoms with E-state index in [0.29, 0.717) is 41.8 Å². The van der Waals surface area contributed by atoms with Crippen molar-refractivity contribution in [2.24, 2.45) is 0 Å². The number of ether oxygens (including phenoxy) is 3. The third kappa shape index (κ3) is 10.4. The van der Waals surface area contributed by atoms with Crippen LogP contribution in [0.2, 0.25) is 5.02 Å². The fraction of sp³-hybridized carbons (Fsp3) is 0.525. The van der Waals surface area contributed by atoms with Gasteiger partial charge in [0, 0.05) is 57.4 Å². The first-order valence-electron chi connectivity index (χ1n) is 18.3. The minimum Gasteiger partial charge on any atom is -0.493 e. The van der Waals surface area contributed by atoms with Crippen molar-refractivity contribution in [1.82, 2.24) is 15.1 Å². The van der Waals surface area contributed by atoms with Crippen molar-refractivity contribution >= 4 is 17.6 Å². The summed E-state index contributed by atoms with van der Waals surface area (Å²) in [5.41, 5.74) is 4.41. The van der Waals surface area contributed by atoms with E-state index in [9.17, 15) is 25.2 Å². The Morgan fingerprint density at radius 2 is 1.44 bits per heavy atom. The zero-order valence-electron chi connectivity index (χ0n) is 30.6. The SMILES string of the molecule is Cc1c(COc2cc(OCCCN3CC[C@@H](O)C3)c(CNC(C)(CO)C(=O)O)cc2Cl)cccc1-c1cccc(OCCCN2CC[C@@H](O)C2)c1C. The number of likely N-dealkylation sites (tertiary alicyclic amines) is 2. The maximum atomic E-state index is 11.8. The summed E-state index contributed by atoms with van der Waals surface area (Å²) < 4.78 is 18.8. The van der Waals surface area contributed by atoms with Crippen LogP contribution in [0.25, 0.3) is 11.1 Å². The second-order valence-electron chi connectivity index (χ2n) is 14.2. The van der Waals surface area contributed by atoms with Crippen molar-refractivity contribution in [2.45, 2.75) is 77.4 Å². The fourth-order valence-corrected chi connectivity index (χ4v) is 7.01. The first-order valence-corrected chi connectivity index (χ1v) is 18.6. The number of β-amino-alcohol motifs (C(OH)–C–C–N with tert-alkyl or cyclic N) is 2. The minimum absolute atomic E-state index is 0.100. The summed E-state index contributed by atoms with van der Waals surface area (Å²) in [6.07, 6.45) is 2.75. The lowest BCUT2D eigenvalue weighted by atomic mass is 9.93. The topological polar surface area (TPSA) is 144 Å². The van der Waals surface area contributed by atoms with Crippen molar-refractivity contribution in [3.63, 3.8) is 0 Å². The van der Waals surface area contributed by atoms with E-state index in [-0.39, 0.29) is 25.4 Å². The van der Waals surface area contributed by atoms with Gasteiger partial charge in [0.1, 0.15) is 29.4 Å². The molecule has 5 N–H and O–H groups in total. The van der Waals surface area contributed by atoms with Gasteiger partial charge >= 0.3 is 5.97 Å². The van der Waals surface area contributed by atoms with Gasteiger partial charge in [-0.2, -0.15) is 0 Å². The first kappa shape index (κ1) is 39.8. The number of nitrogens with one attached hydrogen (secondary N) is 1. The standard InChI is InChI=1S/C40H54ClN3O8/c1-27-29(8-4-9-33(27)34-10-5-11-36(28(34)2)50-18-6-14-43-16-12-31(46)23-43)25-52-38-21-37(51-19-7-15-44-17-13-32(47)24-44)30(20-35(38)41)22-42-40(3,26-45)39(48)49/h4-5,8-11,20-21,31-32,42,45-47H,6-7,12-19,22-26H2,1-3H3,(H,48,49)/t31-,32-,40?/m1/s1. The molecule has 12 heteroatoms. The largest absolute Gasteiger partial charge is 0.493 e. The smallest absolute Gasteiger partial charge is 0.326 e. The molecule has 2 saturated heterocycles. The molecule has 284 valence electrons. The normalized spacial score (nSPS) is 19.1. The Hall–Kier alpha value is -3.42. The van der Waals surface area contributed by atoms with Crippen LogP contribution in [0.3, 0.4) is 0 Å². The third-order valence-corrected chi connectivity index (χ3v) is 10.5. The van der Waals surface area contributed by atoms with Crippen molar-refractivity contribution in [3.8, 4) is 28.4 Å². The van der Waals surface area contributed by atoms with Crippen LogP contribution in [0.1, 0.15) is 54.9 Å². The minimum atomic E-state index is -1.54.